The number of aliphatic hydroxyl groups is 1. The first kappa shape index (κ1) is 15.9. The Morgan fingerprint density at radius 2 is 2.26 bits per heavy atom. The highest BCUT2D eigenvalue weighted by molar-refractivity contribution is 5.87. The number of nitrogens with zero attached hydrogens (tertiary/aromatic N) is 1. The lowest BCUT2D eigenvalue weighted by Gasteiger charge is -2.22. The third-order valence-corrected chi connectivity index (χ3v) is 4.64. The third kappa shape index (κ3) is 2.95. The van der Waals surface area contributed by atoms with Crippen LogP contribution in [0.25, 0.3) is 10.9 Å². The predicted molar refractivity (Wildman–Crippen MR) is 83.5 cm³/mol. The Labute approximate surface area is 133 Å². The molecule has 23 heavy (non-hydrogen) atoms. The molecule has 6 heteroatoms. The molecule has 1 aromatic carbocycles. The quantitative estimate of drug-likeness (QED) is 0.909. The third-order valence-electron chi connectivity index (χ3n) is 4.64. The molecule has 0 saturated carbocycles. The van der Waals surface area contributed by atoms with E-state index < -0.39 is 12.0 Å². The standard InChI is InChI=1S/C17H20F2N2O2/c1-11-3-2-4-13-15(11)12(9-20-13)5-6-14(22)21-8-7-17(23,10-21)16(18)19/h2-4,9,16,20,23H,5-8,10H2,1H3. The summed E-state index contributed by atoms with van der Waals surface area (Å²) in [5.74, 6) is -0.190. The molecule has 1 saturated heterocycles. The summed E-state index contributed by atoms with van der Waals surface area (Å²) in [7, 11) is 0. The number of β-amino-alcohol motifs (C(OH)–C–C–N with tert-alkyl or cyclic N) is 1. The lowest BCUT2D eigenvalue weighted by atomic mass is 10.0. The summed E-state index contributed by atoms with van der Waals surface area (Å²) in [6, 6.07) is 5.97. The van der Waals surface area contributed by atoms with E-state index >= 15 is 0 Å². The van der Waals surface area contributed by atoms with Crippen LogP contribution in [-0.2, 0) is 11.2 Å². The van der Waals surface area contributed by atoms with Gasteiger partial charge in [-0.3, -0.25) is 4.79 Å². The highest BCUT2D eigenvalue weighted by atomic mass is 19.3. The zero-order valence-corrected chi connectivity index (χ0v) is 13.0. The van der Waals surface area contributed by atoms with Crippen LogP contribution in [0.4, 0.5) is 8.78 Å². The number of hydrogen-bond donors (Lipinski definition) is 2. The van der Waals surface area contributed by atoms with Crippen molar-refractivity contribution in [2.24, 2.45) is 0 Å². The van der Waals surface area contributed by atoms with Gasteiger partial charge in [-0.1, -0.05) is 12.1 Å². The summed E-state index contributed by atoms with van der Waals surface area (Å²) in [6.07, 6.45) is -0.197. The van der Waals surface area contributed by atoms with Crippen molar-refractivity contribution in [3.63, 3.8) is 0 Å². The highest BCUT2D eigenvalue weighted by Crippen LogP contribution is 2.29. The molecule has 3 rings (SSSR count). The van der Waals surface area contributed by atoms with Crippen molar-refractivity contribution in [2.75, 3.05) is 13.1 Å². The first-order valence-electron chi connectivity index (χ1n) is 7.74. The van der Waals surface area contributed by atoms with Crippen LogP contribution in [0, 0.1) is 6.92 Å². The Bertz CT molecular complexity index is 728. The van der Waals surface area contributed by atoms with E-state index in [2.05, 4.69) is 4.98 Å². The number of nitrogens with one attached hydrogen (secondary N) is 1. The molecule has 2 aromatic rings. The summed E-state index contributed by atoms with van der Waals surface area (Å²) in [6.45, 7) is 1.92. The number of aromatic nitrogens is 1. The van der Waals surface area contributed by atoms with Crippen LogP contribution in [0.5, 0.6) is 0 Å². The maximum atomic E-state index is 12.8. The first-order valence-corrected chi connectivity index (χ1v) is 7.74. The van der Waals surface area contributed by atoms with E-state index in [0.717, 1.165) is 22.0 Å². The minimum atomic E-state index is -2.82. The number of carbonyl (C=O) groups excluding carboxylic acids is 1. The Kier molecular flexibility index (Phi) is 4.10. The number of rotatable bonds is 4. The van der Waals surface area contributed by atoms with E-state index in [0.29, 0.717) is 6.42 Å². The number of H-pyrrole nitrogens is 1. The molecule has 0 bridgehead atoms. The molecule has 1 aromatic heterocycles. The lowest BCUT2D eigenvalue weighted by molar-refractivity contribution is -0.133. The average molecular weight is 322 g/mol. The number of carbonyl (C=O) groups is 1. The van der Waals surface area contributed by atoms with E-state index in [1.54, 1.807) is 0 Å². The number of benzene rings is 1. The lowest BCUT2D eigenvalue weighted by Crippen LogP contribution is -2.41. The Balaban J connectivity index is 1.65. The van der Waals surface area contributed by atoms with Gasteiger partial charge in [-0.25, -0.2) is 8.78 Å². The summed E-state index contributed by atoms with van der Waals surface area (Å²) in [5.41, 5.74) is 1.17. The fourth-order valence-corrected chi connectivity index (χ4v) is 3.26. The second-order valence-electron chi connectivity index (χ2n) is 6.28. The van der Waals surface area contributed by atoms with Gasteiger partial charge in [0.1, 0.15) is 5.60 Å². The van der Waals surface area contributed by atoms with Gasteiger partial charge in [0.2, 0.25) is 5.91 Å². The molecule has 2 heterocycles. The van der Waals surface area contributed by atoms with E-state index in [1.807, 2.05) is 31.3 Å². The van der Waals surface area contributed by atoms with Crippen LogP contribution in [0.15, 0.2) is 24.4 Å². The monoisotopic (exact) mass is 322 g/mol. The second kappa shape index (κ2) is 5.92. The smallest absolute Gasteiger partial charge is 0.268 e. The Morgan fingerprint density at radius 3 is 2.96 bits per heavy atom. The number of halogens is 2. The summed E-state index contributed by atoms with van der Waals surface area (Å²) in [5, 5.41) is 10.9. The van der Waals surface area contributed by atoms with Gasteiger partial charge >= 0.3 is 0 Å². The van der Waals surface area contributed by atoms with Gasteiger partial charge < -0.3 is 15.0 Å². The molecule has 0 spiro atoms. The van der Waals surface area contributed by atoms with Crippen LogP contribution in [0.3, 0.4) is 0 Å². The number of alkyl halides is 2. The van der Waals surface area contributed by atoms with E-state index in [9.17, 15) is 18.7 Å². The summed E-state index contributed by atoms with van der Waals surface area (Å²) < 4.78 is 25.6. The molecule has 1 aliphatic heterocycles. The van der Waals surface area contributed by atoms with Crippen LogP contribution in [0.2, 0.25) is 0 Å². The SMILES string of the molecule is Cc1cccc2[nH]cc(CCC(=O)N3CCC(O)(C(F)F)C3)c12. The molecular formula is C17H20F2N2O2. The van der Waals surface area contributed by atoms with Crippen LogP contribution in [0.1, 0.15) is 24.0 Å². The number of likely N-dealkylation sites (tertiary alicyclic amines) is 1. The average Bonchev–Trinajstić information content (AvgIpc) is 3.10. The Hall–Kier alpha value is -1.95. The maximum Gasteiger partial charge on any atom is 0.268 e. The van der Waals surface area contributed by atoms with Gasteiger partial charge in [0.25, 0.3) is 6.43 Å². The highest BCUT2D eigenvalue weighted by Gasteiger charge is 2.45. The van der Waals surface area contributed by atoms with Gasteiger partial charge in [-0.15, -0.1) is 0 Å². The first-order chi connectivity index (χ1) is 10.9. The van der Waals surface area contributed by atoms with E-state index in [-0.39, 0.29) is 31.8 Å². The number of amides is 1. The number of aromatic amines is 1. The molecule has 1 aliphatic rings. The van der Waals surface area contributed by atoms with Gasteiger partial charge in [-0.05, 0) is 30.5 Å². The molecule has 2 N–H and O–H groups in total. The fourth-order valence-electron chi connectivity index (χ4n) is 3.26. The number of aryl methyl sites for hydroxylation is 2. The zero-order valence-electron chi connectivity index (χ0n) is 13.0. The van der Waals surface area contributed by atoms with Gasteiger partial charge in [0.05, 0.1) is 6.54 Å². The summed E-state index contributed by atoms with van der Waals surface area (Å²) >= 11 is 0. The molecular weight excluding hydrogens is 302 g/mol. The Morgan fingerprint density at radius 1 is 1.48 bits per heavy atom. The van der Waals surface area contributed by atoms with Crippen molar-refractivity contribution in [2.45, 2.75) is 38.2 Å². The predicted octanol–water partition coefficient (Wildman–Crippen LogP) is 2.64. The molecule has 124 valence electrons. The van der Waals surface area contributed by atoms with Gasteiger partial charge in [0, 0.05) is 36.5 Å². The zero-order chi connectivity index (χ0) is 16.6. The molecule has 1 amide bonds. The molecule has 4 nitrogen and oxygen atoms in total. The van der Waals surface area contributed by atoms with Gasteiger partial charge in [0.15, 0.2) is 0 Å². The van der Waals surface area contributed by atoms with Crippen molar-refractivity contribution in [1.82, 2.24) is 9.88 Å². The van der Waals surface area contributed by atoms with E-state index in [4.69, 9.17) is 0 Å². The minimum Gasteiger partial charge on any atom is -0.382 e. The maximum absolute atomic E-state index is 12.8. The fraction of sp³-hybridized carbons (Fsp3) is 0.471. The minimum absolute atomic E-state index is 0.0669. The normalized spacial score (nSPS) is 21.5. The topological polar surface area (TPSA) is 56.3 Å². The van der Waals surface area contributed by atoms with E-state index in [1.165, 1.54) is 4.90 Å². The number of fused-ring (bicyclic) bond motifs is 1. The van der Waals surface area contributed by atoms with Crippen LogP contribution < -0.4 is 0 Å². The largest absolute Gasteiger partial charge is 0.382 e. The van der Waals surface area contributed by atoms with Crippen molar-refractivity contribution >= 4 is 16.8 Å². The molecule has 0 aliphatic carbocycles. The van der Waals surface area contributed by atoms with Crippen LogP contribution >= 0.6 is 0 Å². The molecule has 0 radical (unpaired) electrons. The molecule has 1 fully saturated rings. The van der Waals surface area contributed by atoms with Crippen molar-refractivity contribution in [3.05, 3.63) is 35.5 Å². The van der Waals surface area contributed by atoms with Crippen molar-refractivity contribution in [1.29, 1.82) is 0 Å². The van der Waals surface area contributed by atoms with Crippen molar-refractivity contribution < 1.29 is 18.7 Å². The second-order valence-corrected chi connectivity index (χ2v) is 6.28. The number of hydrogen-bond acceptors (Lipinski definition) is 2. The van der Waals surface area contributed by atoms with Crippen LogP contribution in [-0.4, -0.2) is 46.0 Å². The summed E-state index contributed by atoms with van der Waals surface area (Å²) in [4.78, 5) is 16.8. The molecule has 1 unspecified atom stereocenters. The van der Waals surface area contributed by atoms with Gasteiger partial charge in [-0.2, -0.15) is 0 Å². The molecule has 1 atom stereocenters. The van der Waals surface area contributed by atoms with Crippen molar-refractivity contribution in [3.8, 4) is 0 Å².